The molecule has 1 amide bonds. The minimum Gasteiger partial charge on any atom is -0.424 e. The van der Waals surface area contributed by atoms with E-state index < -0.39 is 0 Å². The number of carbonyl (C=O) groups is 1. The Morgan fingerprint density at radius 2 is 1.85 bits per heavy atom. The van der Waals surface area contributed by atoms with Gasteiger partial charge in [-0.1, -0.05) is 24.8 Å². The van der Waals surface area contributed by atoms with Gasteiger partial charge in [-0.25, -0.2) is 20.0 Å². The number of nitrogens with one attached hydrogen (secondary N) is 1. The molecular weight excluding hydrogens is 494 g/mol. The lowest BCUT2D eigenvalue weighted by Gasteiger charge is -2.11. The van der Waals surface area contributed by atoms with Crippen LogP contribution < -0.4 is 15.8 Å². The van der Waals surface area contributed by atoms with E-state index in [0.717, 1.165) is 33.8 Å². The molecule has 3 heterocycles. The van der Waals surface area contributed by atoms with Crippen LogP contribution in [0.5, 0.6) is 5.75 Å². The third-order valence-electron chi connectivity index (χ3n) is 6.30. The van der Waals surface area contributed by atoms with Crippen LogP contribution in [0.25, 0.3) is 33.5 Å². The topological polar surface area (TPSA) is 138 Å². The molecule has 0 atom stereocenters. The van der Waals surface area contributed by atoms with E-state index in [1.165, 1.54) is 6.33 Å². The van der Waals surface area contributed by atoms with Gasteiger partial charge in [-0.05, 0) is 52.1 Å². The summed E-state index contributed by atoms with van der Waals surface area (Å²) < 4.78 is 9.50. The highest BCUT2D eigenvalue weighted by Crippen LogP contribution is 2.43. The highest BCUT2D eigenvalue weighted by molar-refractivity contribution is 6.08. The maximum absolute atomic E-state index is 12.3. The lowest BCUT2D eigenvalue weighted by atomic mass is 9.99. The smallest absolute Gasteiger partial charge is 0.321 e. The van der Waals surface area contributed by atoms with E-state index in [1.807, 2.05) is 69.8 Å². The van der Waals surface area contributed by atoms with Crippen molar-refractivity contribution in [1.82, 2.24) is 24.3 Å². The van der Waals surface area contributed by atoms with Gasteiger partial charge in [0.05, 0.1) is 16.8 Å². The molecule has 0 saturated heterocycles. The summed E-state index contributed by atoms with van der Waals surface area (Å²) in [4.78, 5) is 29.3. The predicted molar refractivity (Wildman–Crippen MR) is 156 cm³/mol. The van der Waals surface area contributed by atoms with Crippen LogP contribution in [0.3, 0.4) is 0 Å². The SMILES string of the molecule is C=NC(=N/C(C)=C\C)Oc1ccc(-c2c(-c3c(C)c(NC(=O)C(=C)C)nn3C)n(C)c3ncnc(N)c23)cc1. The summed E-state index contributed by atoms with van der Waals surface area (Å²) in [6, 6.07) is 7.62. The van der Waals surface area contributed by atoms with Gasteiger partial charge >= 0.3 is 6.02 Å². The predicted octanol–water partition coefficient (Wildman–Crippen LogP) is 4.80. The molecule has 4 aromatic rings. The fraction of sp³-hybridized carbons (Fsp3) is 0.214. The van der Waals surface area contributed by atoms with Crippen LogP contribution in [0.4, 0.5) is 11.6 Å². The number of benzene rings is 1. The first-order chi connectivity index (χ1) is 18.6. The van der Waals surface area contributed by atoms with Crippen LogP contribution in [-0.2, 0) is 18.9 Å². The molecule has 11 nitrogen and oxygen atoms in total. The lowest BCUT2D eigenvalue weighted by molar-refractivity contribution is -0.112. The molecule has 0 aliphatic carbocycles. The number of rotatable bonds is 6. The molecule has 0 spiro atoms. The minimum absolute atomic E-state index is 0.150. The van der Waals surface area contributed by atoms with Crippen LogP contribution in [0, 0.1) is 6.92 Å². The highest BCUT2D eigenvalue weighted by atomic mass is 16.5. The van der Waals surface area contributed by atoms with E-state index >= 15 is 0 Å². The van der Waals surface area contributed by atoms with Gasteiger partial charge in [0.1, 0.15) is 23.5 Å². The van der Waals surface area contributed by atoms with Crippen LogP contribution in [0.2, 0.25) is 0 Å². The number of allylic oxidation sites excluding steroid dienone is 2. The normalized spacial score (nSPS) is 12.1. The number of amides is 1. The van der Waals surface area contributed by atoms with Gasteiger partial charge in [0.25, 0.3) is 5.91 Å². The van der Waals surface area contributed by atoms with E-state index in [1.54, 1.807) is 11.6 Å². The molecule has 0 saturated carbocycles. The van der Waals surface area contributed by atoms with E-state index in [2.05, 4.69) is 43.7 Å². The minimum atomic E-state index is -0.299. The van der Waals surface area contributed by atoms with Crippen LogP contribution in [-0.4, -0.2) is 43.0 Å². The number of aryl methyl sites for hydroxylation is 2. The Hall–Kier alpha value is -5.06. The number of aliphatic imine (C=N–C) groups is 2. The molecule has 200 valence electrons. The number of fused-ring (bicyclic) bond motifs is 1. The zero-order valence-corrected chi connectivity index (χ0v) is 22.9. The maximum Gasteiger partial charge on any atom is 0.321 e. The molecule has 0 fully saturated rings. The fourth-order valence-corrected chi connectivity index (χ4v) is 4.23. The van der Waals surface area contributed by atoms with Crippen molar-refractivity contribution >= 4 is 41.3 Å². The Morgan fingerprint density at radius 3 is 2.46 bits per heavy atom. The van der Waals surface area contributed by atoms with Gasteiger partial charge in [0.2, 0.25) is 0 Å². The van der Waals surface area contributed by atoms with Crippen molar-refractivity contribution in [2.45, 2.75) is 27.7 Å². The number of hydrogen-bond acceptors (Lipinski definition) is 7. The van der Waals surface area contributed by atoms with E-state index in [0.29, 0.717) is 34.0 Å². The summed E-state index contributed by atoms with van der Waals surface area (Å²) in [7, 11) is 3.73. The van der Waals surface area contributed by atoms with Crippen molar-refractivity contribution in [3.05, 3.63) is 60.1 Å². The molecule has 0 unspecified atom stereocenters. The molecule has 1 aromatic carbocycles. The molecule has 0 aliphatic heterocycles. The third kappa shape index (κ3) is 5.06. The third-order valence-corrected chi connectivity index (χ3v) is 6.30. The zero-order valence-electron chi connectivity index (χ0n) is 22.9. The number of amidine groups is 1. The Kier molecular flexibility index (Phi) is 7.43. The van der Waals surface area contributed by atoms with Gasteiger partial charge in [-0.3, -0.25) is 9.48 Å². The zero-order chi connectivity index (χ0) is 28.4. The molecule has 3 N–H and O–H groups in total. The number of nitrogens with zero attached hydrogens (tertiary/aromatic N) is 7. The number of carbonyl (C=O) groups excluding carboxylic acids is 1. The average Bonchev–Trinajstić information content (AvgIpc) is 3.35. The van der Waals surface area contributed by atoms with Crippen molar-refractivity contribution in [1.29, 1.82) is 0 Å². The molecule has 0 aliphatic rings. The molecule has 0 bridgehead atoms. The number of ether oxygens (including phenoxy) is 1. The standard InChI is InChI=1S/C28H31N9O2/c1-9-16(4)33-28(30-6)39-19-12-10-18(11-13-19)20-21-24(29)31-14-32-26(21)36(7)23(20)22-17(5)25(35-37(22)8)34-27(38)15(2)3/h9-14H,2,6H2,1,3-5,7-8H3,(H2,29,31,32)(H,34,35,38)/b16-9-,33-28?. The summed E-state index contributed by atoms with van der Waals surface area (Å²) in [6.07, 6.45) is 3.29. The van der Waals surface area contributed by atoms with Gasteiger partial charge in [-0.15, -0.1) is 0 Å². The van der Waals surface area contributed by atoms with Crippen LogP contribution in [0.15, 0.2) is 64.5 Å². The van der Waals surface area contributed by atoms with Crippen molar-refractivity contribution < 1.29 is 9.53 Å². The number of hydrogen-bond donors (Lipinski definition) is 2. The Morgan fingerprint density at radius 1 is 1.15 bits per heavy atom. The van der Waals surface area contributed by atoms with Gasteiger partial charge in [0, 0.05) is 36.5 Å². The second-order valence-corrected chi connectivity index (χ2v) is 9.03. The maximum atomic E-state index is 12.3. The molecule has 11 heteroatoms. The Labute approximate surface area is 226 Å². The summed E-state index contributed by atoms with van der Waals surface area (Å²) in [5.41, 5.74) is 12.3. The Bertz CT molecular complexity index is 1670. The summed E-state index contributed by atoms with van der Waals surface area (Å²) in [5.74, 6) is 1.04. The quantitative estimate of drug-likeness (QED) is 0.211. The van der Waals surface area contributed by atoms with Crippen molar-refractivity contribution in [3.63, 3.8) is 0 Å². The molecular formula is C28H31N9O2. The van der Waals surface area contributed by atoms with Crippen LogP contribution >= 0.6 is 0 Å². The largest absolute Gasteiger partial charge is 0.424 e. The second-order valence-electron chi connectivity index (χ2n) is 9.03. The van der Waals surface area contributed by atoms with Crippen molar-refractivity contribution in [2.75, 3.05) is 11.1 Å². The number of nitrogen functional groups attached to an aromatic ring is 1. The summed E-state index contributed by atoms with van der Waals surface area (Å²) in [5, 5.41) is 8.11. The first kappa shape index (κ1) is 27.0. The van der Waals surface area contributed by atoms with Crippen LogP contribution in [0.1, 0.15) is 26.3 Å². The lowest BCUT2D eigenvalue weighted by Crippen LogP contribution is -2.13. The molecule has 3 aromatic heterocycles. The van der Waals surface area contributed by atoms with Gasteiger partial charge in [0.15, 0.2) is 5.82 Å². The van der Waals surface area contributed by atoms with E-state index in [-0.39, 0.29) is 11.9 Å². The fourth-order valence-electron chi connectivity index (χ4n) is 4.23. The van der Waals surface area contributed by atoms with Gasteiger partial charge in [-0.2, -0.15) is 5.10 Å². The Balaban J connectivity index is 1.89. The molecule has 39 heavy (non-hydrogen) atoms. The number of nitrogens with two attached hydrogens (primary N) is 1. The summed E-state index contributed by atoms with van der Waals surface area (Å²) >= 11 is 0. The average molecular weight is 526 g/mol. The second kappa shape index (κ2) is 10.7. The van der Waals surface area contributed by atoms with Crippen molar-refractivity contribution in [2.24, 2.45) is 24.1 Å². The van der Waals surface area contributed by atoms with E-state index in [9.17, 15) is 4.79 Å². The first-order valence-corrected chi connectivity index (χ1v) is 12.1. The number of anilines is 2. The first-order valence-electron chi connectivity index (χ1n) is 12.1. The van der Waals surface area contributed by atoms with Gasteiger partial charge < -0.3 is 20.4 Å². The summed E-state index contributed by atoms with van der Waals surface area (Å²) in [6.45, 7) is 14.5. The van der Waals surface area contributed by atoms with Crippen molar-refractivity contribution in [3.8, 4) is 28.3 Å². The van der Waals surface area contributed by atoms with E-state index in [4.69, 9.17) is 10.5 Å². The molecule has 0 radical (unpaired) electrons. The highest BCUT2D eigenvalue weighted by Gasteiger charge is 2.27. The molecule has 4 rings (SSSR count). The monoisotopic (exact) mass is 525 g/mol. The number of aromatic nitrogens is 5.